The van der Waals surface area contributed by atoms with Crippen LogP contribution in [0.1, 0.15) is 18.1 Å². The van der Waals surface area contributed by atoms with Crippen LogP contribution in [0.4, 0.5) is 0 Å². The maximum absolute atomic E-state index is 8.85. The summed E-state index contributed by atoms with van der Waals surface area (Å²) < 4.78 is 5.58. The van der Waals surface area contributed by atoms with Crippen LogP contribution in [-0.2, 0) is 0 Å². The van der Waals surface area contributed by atoms with E-state index in [1.165, 1.54) is 0 Å². The molecule has 1 N–H and O–H groups in total. The van der Waals surface area contributed by atoms with Crippen molar-refractivity contribution in [2.24, 2.45) is 0 Å². The second-order valence-electron chi connectivity index (χ2n) is 3.33. The first-order valence-corrected chi connectivity index (χ1v) is 4.49. The fourth-order valence-electron chi connectivity index (χ4n) is 1.22. The minimum atomic E-state index is -0.139. The van der Waals surface area contributed by atoms with Gasteiger partial charge in [-0.05, 0) is 31.9 Å². The molecule has 0 spiro atoms. The number of aliphatic hydroxyl groups is 1. The molecule has 72 valence electrons. The van der Waals surface area contributed by atoms with Crippen LogP contribution in [0.5, 0.6) is 5.75 Å². The molecule has 0 aliphatic carbocycles. The van der Waals surface area contributed by atoms with Crippen molar-refractivity contribution in [1.29, 1.82) is 0 Å². The van der Waals surface area contributed by atoms with Crippen LogP contribution in [-0.4, -0.2) is 17.8 Å². The molecule has 0 aromatic heterocycles. The van der Waals surface area contributed by atoms with Crippen molar-refractivity contribution in [2.45, 2.75) is 26.9 Å². The maximum Gasteiger partial charge on any atom is 0.125 e. The monoisotopic (exact) mass is 180 g/mol. The van der Waals surface area contributed by atoms with Gasteiger partial charge in [0.05, 0.1) is 6.61 Å². The molecule has 13 heavy (non-hydrogen) atoms. The zero-order valence-electron chi connectivity index (χ0n) is 8.37. The van der Waals surface area contributed by atoms with Crippen molar-refractivity contribution in [3.8, 4) is 5.75 Å². The van der Waals surface area contributed by atoms with E-state index in [2.05, 4.69) is 0 Å². The van der Waals surface area contributed by atoms with E-state index in [4.69, 9.17) is 9.84 Å². The summed E-state index contributed by atoms with van der Waals surface area (Å²) in [5, 5.41) is 8.85. The van der Waals surface area contributed by atoms with E-state index in [1.807, 2.05) is 39.0 Å². The van der Waals surface area contributed by atoms with Crippen LogP contribution in [0.3, 0.4) is 0 Å². The molecule has 0 unspecified atom stereocenters. The largest absolute Gasteiger partial charge is 0.488 e. The number of hydrogen-bond donors (Lipinski definition) is 1. The van der Waals surface area contributed by atoms with Gasteiger partial charge in [0.2, 0.25) is 0 Å². The van der Waals surface area contributed by atoms with Crippen LogP contribution in [0.15, 0.2) is 18.2 Å². The van der Waals surface area contributed by atoms with Crippen molar-refractivity contribution >= 4 is 0 Å². The van der Waals surface area contributed by atoms with Gasteiger partial charge in [-0.2, -0.15) is 0 Å². The van der Waals surface area contributed by atoms with E-state index in [1.54, 1.807) is 0 Å². The molecule has 0 amide bonds. The molecule has 0 radical (unpaired) electrons. The summed E-state index contributed by atoms with van der Waals surface area (Å²) in [6, 6.07) is 6.01. The standard InChI is InChI=1S/C11H16O2/c1-8-5-4-6-9(2)11(8)13-10(3)7-12/h4-6,10,12H,7H2,1-3H3/t10-/m0/s1. The Labute approximate surface area is 79.2 Å². The van der Waals surface area contributed by atoms with Gasteiger partial charge >= 0.3 is 0 Å². The van der Waals surface area contributed by atoms with Crippen LogP contribution in [0, 0.1) is 13.8 Å². The lowest BCUT2D eigenvalue weighted by molar-refractivity contribution is 0.128. The van der Waals surface area contributed by atoms with E-state index in [9.17, 15) is 0 Å². The van der Waals surface area contributed by atoms with Gasteiger partial charge in [-0.3, -0.25) is 0 Å². The third-order valence-corrected chi connectivity index (χ3v) is 1.98. The first-order valence-electron chi connectivity index (χ1n) is 4.49. The lowest BCUT2D eigenvalue weighted by atomic mass is 10.1. The van der Waals surface area contributed by atoms with E-state index >= 15 is 0 Å². The molecule has 1 atom stereocenters. The molecule has 0 heterocycles. The number of aryl methyl sites for hydroxylation is 2. The van der Waals surface area contributed by atoms with Gasteiger partial charge in [0, 0.05) is 0 Å². The first-order chi connectivity index (χ1) is 6.15. The van der Waals surface area contributed by atoms with Crippen LogP contribution < -0.4 is 4.74 Å². The summed E-state index contributed by atoms with van der Waals surface area (Å²) in [4.78, 5) is 0. The zero-order chi connectivity index (χ0) is 9.84. The number of hydrogen-bond acceptors (Lipinski definition) is 2. The van der Waals surface area contributed by atoms with Crippen molar-refractivity contribution in [1.82, 2.24) is 0 Å². The Morgan fingerprint density at radius 1 is 1.31 bits per heavy atom. The van der Waals surface area contributed by atoms with Crippen LogP contribution in [0.2, 0.25) is 0 Å². The van der Waals surface area contributed by atoms with Crippen LogP contribution in [0.25, 0.3) is 0 Å². The molecule has 0 fully saturated rings. The van der Waals surface area contributed by atoms with Crippen molar-refractivity contribution in [2.75, 3.05) is 6.61 Å². The highest BCUT2D eigenvalue weighted by Crippen LogP contribution is 2.23. The van der Waals surface area contributed by atoms with Gasteiger partial charge in [0.15, 0.2) is 0 Å². The average molecular weight is 180 g/mol. The second-order valence-corrected chi connectivity index (χ2v) is 3.33. The predicted molar refractivity (Wildman–Crippen MR) is 53.1 cm³/mol. The lowest BCUT2D eigenvalue weighted by Crippen LogP contribution is -2.17. The third-order valence-electron chi connectivity index (χ3n) is 1.98. The fourth-order valence-corrected chi connectivity index (χ4v) is 1.22. The summed E-state index contributed by atoms with van der Waals surface area (Å²) in [5.41, 5.74) is 2.22. The summed E-state index contributed by atoms with van der Waals surface area (Å²) >= 11 is 0. The summed E-state index contributed by atoms with van der Waals surface area (Å²) in [5.74, 6) is 0.893. The fraction of sp³-hybridized carbons (Fsp3) is 0.455. The molecule has 1 aromatic carbocycles. The van der Waals surface area contributed by atoms with Gasteiger partial charge in [0.25, 0.3) is 0 Å². The van der Waals surface area contributed by atoms with Crippen molar-refractivity contribution in [3.05, 3.63) is 29.3 Å². The summed E-state index contributed by atoms with van der Waals surface area (Å²) in [6.07, 6.45) is -0.139. The van der Waals surface area contributed by atoms with E-state index in [-0.39, 0.29) is 12.7 Å². The molecule has 0 saturated carbocycles. The normalized spacial score (nSPS) is 12.6. The topological polar surface area (TPSA) is 29.5 Å². The summed E-state index contributed by atoms with van der Waals surface area (Å²) in [7, 11) is 0. The van der Waals surface area contributed by atoms with Gasteiger partial charge in [-0.15, -0.1) is 0 Å². The Hall–Kier alpha value is -1.02. The Morgan fingerprint density at radius 2 is 1.85 bits per heavy atom. The molecule has 2 nitrogen and oxygen atoms in total. The molecular formula is C11H16O2. The molecule has 0 saturated heterocycles. The van der Waals surface area contributed by atoms with Crippen LogP contribution >= 0.6 is 0 Å². The Morgan fingerprint density at radius 3 is 2.31 bits per heavy atom. The van der Waals surface area contributed by atoms with Gasteiger partial charge < -0.3 is 9.84 Å². The lowest BCUT2D eigenvalue weighted by Gasteiger charge is -2.16. The number of aliphatic hydroxyl groups excluding tert-OH is 1. The quantitative estimate of drug-likeness (QED) is 0.771. The molecule has 0 aliphatic heterocycles. The smallest absolute Gasteiger partial charge is 0.125 e. The number of ether oxygens (including phenoxy) is 1. The molecule has 0 bridgehead atoms. The van der Waals surface area contributed by atoms with Gasteiger partial charge in [-0.25, -0.2) is 0 Å². The third kappa shape index (κ3) is 2.46. The highest BCUT2D eigenvalue weighted by molar-refractivity contribution is 5.39. The number of para-hydroxylation sites is 1. The maximum atomic E-state index is 8.85. The average Bonchev–Trinajstić information content (AvgIpc) is 2.11. The second kappa shape index (κ2) is 4.28. The molecule has 1 aromatic rings. The summed E-state index contributed by atoms with van der Waals surface area (Å²) in [6.45, 7) is 5.92. The van der Waals surface area contributed by atoms with Crippen molar-refractivity contribution < 1.29 is 9.84 Å². The predicted octanol–water partition coefficient (Wildman–Crippen LogP) is 2.06. The molecule has 1 rings (SSSR count). The number of benzene rings is 1. The first kappa shape index (κ1) is 10.1. The van der Waals surface area contributed by atoms with E-state index < -0.39 is 0 Å². The van der Waals surface area contributed by atoms with Gasteiger partial charge in [0.1, 0.15) is 11.9 Å². The highest BCUT2D eigenvalue weighted by Gasteiger charge is 2.06. The Kier molecular flexibility index (Phi) is 3.32. The Balaban J connectivity index is 2.87. The minimum absolute atomic E-state index is 0.0494. The SMILES string of the molecule is Cc1cccc(C)c1O[C@@H](C)CO. The number of rotatable bonds is 3. The highest BCUT2D eigenvalue weighted by atomic mass is 16.5. The van der Waals surface area contributed by atoms with E-state index in [0.29, 0.717) is 0 Å². The Bertz CT molecular complexity index is 261. The molecule has 0 aliphatic rings. The molecule has 2 heteroatoms. The molecular weight excluding hydrogens is 164 g/mol. The zero-order valence-corrected chi connectivity index (χ0v) is 8.37. The van der Waals surface area contributed by atoms with Gasteiger partial charge in [-0.1, -0.05) is 18.2 Å². The van der Waals surface area contributed by atoms with E-state index in [0.717, 1.165) is 16.9 Å². The van der Waals surface area contributed by atoms with Crippen molar-refractivity contribution in [3.63, 3.8) is 0 Å². The minimum Gasteiger partial charge on any atom is -0.488 e.